The zero-order chi connectivity index (χ0) is 49.0. The lowest BCUT2D eigenvalue weighted by atomic mass is 9.86. The summed E-state index contributed by atoms with van der Waals surface area (Å²) in [4.78, 5) is 52.2. The van der Waals surface area contributed by atoms with Crippen molar-refractivity contribution in [3.63, 3.8) is 0 Å². The van der Waals surface area contributed by atoms with Crippen LogP contribution < -0.4 is 0 Å². The summed E-state index contributed by atoms with van der Waals surface area (Å²) in [5.41, 5.74) is -0.236. The van der Waals surface area contributed by atoms with Crippen LogP contribution in [0.25, 0.3) is 0 Å². The minimum absolute atomic E-state index is 0.0609. The molecule has 4 aliphatic rings. The lowest BCUT2D eigenvalue weighted by Gasteiger charge is -2.42. The van der Waals surface area contributed by atoms with Gasteiger partial charge in [-0.05, 0) is 46.1 Å². The van der Waals surface area contributed by atoms with Gasteiger partial charge in [-0.1, -0.05) is 24.3 Å². The number of rotatable bonds is 19. The van der Waals surface area contributed by atoms with E-state index in [4.69, 9.17) is 47.4 Å². The fourth-order valence-corrected chi connectivity index (χ4v) is 7.43. The lowest BCUT2D eigenvalue weighted by molar-refractivity contribution is -0.328. The molecule has 0 radical (unpaired) electrons. The summed E-state index contributed by atoms with van der Waals surface area (Å²) in [5.74, 6) is -5.57. The molecular formula is C44H62O22. The molecule has 0 saturated carbocycles. The van der Waals surface area contributed by atoms with Crippen LogP contribution in [0.1, 0.15) is 53.4 Å². The Kier molecular flexibility index (Phi) is 20.0. The van der Waals surface area contributed by atoms with Crippen molar-refractivity contribution in [3.05, 3.63) is 71.3 Å². The zero-order valence-corrected chi connectivity index (χ0v) is 37.5. The van der Waals surface area contributed by atoms with Gasteiger partial charge in [0.15, 0.2) is 12.6 Å². The number of carbonyl (C=O) groups excluding carboxylic acids is 4. The summed E-state index contributed by atoms with van der Waals surface area (Å²) in [6.07, 6.45) is -12.0. The smallest absolute Gasteiger partial charge is 0.337 e. The Balaban J connectivity index is 1.44. The summed E-state index contributed by atoms with van der Waals surface area (Å²) in [6, 6.07) is 0. The van der Waals surface area contributed by atoms with Crippen LogP contribution in [0.2, 0.25) is 0 Å². The predicted octanol–water partition coefficient (Wildman–Crippen LogP) is -0.891. The van der Waals surface area contributed by atoms with E-state index in [0.29, 0.717) is 18.4 Å². The third kappa shape index (κ3) is 13.3. The minimum Gasteiger partial charge on any atom is -0.468 e. The Hall–Kier alpha value is -4.56. The van der Waals surface area contributed by atoms with E-state index in [1.165, 1.54) is 25.2 Å². The number of ether oxygens (including phenoxy) is 10. The summed E-state index contributed by atoms with van der Waals surface area (Å²) in [5, 5.41) is 83.4. The first-order valence-electron chi connectivity index (χ1n) is 21.1. The first-order chi connectivity index (χ1) is 31.2. The Morgan fingerprint density at radius 2 is 1.18 bits per heavy atom. The molecule has 4 rings (SSSR count). The van der Waals surface area contributed by atoms with Crippen LogP contribution in [0.5, 0.6) is 0 Å². The summed E-state index contributed by atoms with van der Waals surface area (Å²) in [6.45, 7) is 8.51. The van der Waals surface area contributed by atoms with Gasteiger partial charge >= 0.3 is 23.9 Å². The van der Waals surface area contributed by atoms with Gasteiger partial charge in [-0.3, -0.25) is 9.59 Å². The molecular weight excluding hydrogens is 880 g/mol. The number of methoxy groups -OCH3 is 2. The number of hydrogen-bond donors (Lipinski definition) is 8. The highest BCUT2D eigenvalue weighted by Crippen LogP contribution is 2.38. The molecule has 22 heteroatoms. The molecule has 4 aliphatic heterocycles. The van der Waals surface area contributed by atoms with Crippen LogP contribution in [0.3, 0.4) is 0 Å². The average molecular weight is 943 g/mol. The molecule has 66 heavy (non-hydrogen) atoms. The van der Waals surface area contributed by atoms with Crippen molar-refractivity contribution in [2.24, 2.45) is 11.8 Å². The second-order valence-corrected chi connectivity index (χ2v) is 16.1. The summed E-state index contributed by atoms with van der Waals surface area (Å²) >= 11 is 0. The van der Waals surface area contributed by atoms with Crippen molar-refractivity contribution in [3.8, 4) is 0 Å². The number of aliphatic hydroxyl groups is 8. The van der Waals surface area contributed by atoms with Crippen LogP contribution >= 0.6 is 0 Å². The van der Waals surface area contributed by atoms with Crippen LogP contribution in [-0.4, -0.2) is 178 Å². The second kappa shape index (κ2) is 24.5. The predicted molar refractivity (Wildman–Crippen MR) is 222 cm³/mol. The molecule has 0 aromatic heterocycles. The first-order valence-corrected chi connectivity index (χ1v) is 21.1. The number of esters is 4. The fraction of sp³-hybridized carbons (Fsp3) is 0.636. The number of hydrogen-bond acceptors (Lipinski definition) is 22. The van der Waals surface area contributed by atoms with Gasteiger partial charge in [0.25, 0.3) is 0 Å². The SMILES string of the molecule is C=CC(C)(O)CCC=C(C)COC(=O)CC1C(C(=O)OC)=COC(OC2OC(COC(=O)CC3C(C(=O)OC)=COC(OC4OC(CO)C(O)C(O)C4O)C3=CC)C(O)C(O)C2O)C1=CC. The van der Waals surface area contributed by atoms with E-state index in [1.54, 1.807) is 20.8 Å². The first kappa shape index (κ1) is 54.0. The van der Waals surface area contributed by atoms with Gasteiger partial charge in [0.2, 0.25) is 12.6 Å². The Morgan fingerprint density at radius 1 is 0.727 bits per heavy atom. The van der Waals surface area contributed by atoms with Crippen LogP contribution in [-0.2, 0) is 66.5 Å². The quantitative estimate of drug-likeness (QED) is 0.0442. The van der Waals surface area contributed by atoms with Crippen molar-refractivity contribution in [1.82, 2.24) is 0 Å². The van der Waals surface area contributed by atoms with Gasteiger partial charge in [-0.25, -0.2) is 9.59 Å². The molecule has 0 aliphatic carbocycles. The van der Waals surface area contributed by atoms with E-state index in [2.05, 4.69) is 6.58 Å². The van der Waals surface area contributed by atoms with E-state index in [0.717, 1.165) is 26.7 Å². The second-order valence-electron chi connectivity index (χ2n) is 16.1. The average Bonchev–Trinajstić information content (AvgIpc) is 3.30. The standard InChI is InChI=1S/C44H62O22/c1-8-22-24(14-30(46)59-17-21(4)12-11-13-44(5,56)10-3)26(38(54)57-6)18-62-41(22)66-43-37(53)35(51)33(49)29(64-43)20-60-31(47)15-25-23(9-2)40(61-19-27(25)39(55)58-7)65-42-36(52)34(50)32(48)28(16-45)63-42/h8-10,12,18-19,24-25,28-29,32-37,40-43,45,48-53,56H,3,11,13-17,20H2,1-2,4-7H3. The molecule has 2 fully saturated rings. The van der Waals surface area contributed by atoms with Crippen LogP contribution in [0.4, 0.5) is 0 Å². The minimum atomic E-state index is -1.92. The molecule has 15 atom stereocenters. The third-order valence-electron chi connectivity index (χ3n) is 11.5. The summed E-state index contributed by atoms with van der Waals surface area (Å²) in [7, 11) is 2.23. The highest BCUT2D eigenvalue weighted by atomic mass is 16.8. The van der Waals surface area contributed by atoms with E-state index >= 15 is 0 Å². The molecule has 15 unspecified atom stereocenters. The van der Waals surface area contributed by atoms with Gasteiger partial charge in [0.05, 0.1) is 62.9 Å². The zero-order valence-electron chi connectivity index (χ0n) is 37.5. The van der Waals surface area contributed by atoms with Crippen molar-refractivity contribution < 1.29 is 107 Å². The molecule has 4 heterocycles. The molecule has 370 valence electrons. The lowest BCUT2D eigenvalue weighted by Crippen LogP contribution is -2.60. The molecule has 0 bridgehead atoms. The van der Waals surface area contributed by atoms with Crippen molar-refractivity contribution in [1.29, 1.82) is 0 Å². The molecule has 8 N–H and O–H groups in total. The normalized spacial score (nSPS) is 34.7. The Morgan fingerprint density at radius 3 is 1.62 bits per heavy atom. The maximum Gasteiger partial charge on any atom is 0.337 e. The monoisotopic (exact) mass is 942 g/mol. The number of carbonyl (C=O) groups is 4. The van der Waals surface area contributed by atoms with Crippen molar-refractivity contribution in [2.75, 3.05) is 34.0 Å². The topological polar surface area (TPSA) is 322 Å². The van der Waals surface area contributed by atoms with Crippen LogP contribution in [0, 0.1) is 11.8 Å². The molecule has 22 nitrogen and oxygen atoms in total. The van der Waals surface area contributed by atoms with Gasteiger partial charge < -0.3 is 88.2 Å². The van der Waals surface area contributed by atoms with Crippen molar-refractivity contribution in [2.45, 2.75) is 133 Å². The molecule has 0 aromatic rings. The van der Waals surface area contributed by atoms with Gasteiger partial charge in [-0.15, -0.1) is 6.58 Å². The largest absolute Gasteiger partial charge is 0.468 e. The summed E-state index contributed by atoms with van der Waals surface area (Å²) < 4.78 is 54.9. The number of aliphatic hydroxyl groups excluding tert-OH is 7. The maximum absolute atomic E-state index is 13.5. The fourth-order valence-electron chi connectivity index (χ4n) is 7.43. The highest BCUT2D eigenvalue weighted by Gasteiger charge is 2.49. The Bertz CT molecular complexity index is 1870. The van der Waals surface area contributed by atoms with E-state index in [9.17, 15) is 60.0 Å². The molecule has 0 amide bonds. The maximum atomic E-state index is 13.5. The number of allylic oxidation sites excluding steroid dienone is 3. The van der Waals surface area contributed by atoms with Crippen molar-refractivity contribution >= 4 is 23.9 Å². The van der Waals surface area contributed by atoms with E-state index < -0.39 is 135 Å². The van der Waals surface area contributed by atoms with Crippen LogP contribution in [0.15, 0.2) is 71.3 Å². The third-order valence-corrected chi connectivity index (χ3v) is 11.5. The van der Waals surface area contributed by atoms with E-state index in [-0.39, 0.29) is 35.3 Å². The van der Waals surface area contributed by atoms with Gasteiger partial charge in [-0.2, -0.15) is 0 Å². The van der Waals surface area contributed by atoms with Gasteiger partial charge in [0, 0.05) is 23.0 Å². The molecule has 0 aromatic carbocycles. The highest BCUT2D eigenvalue weighted by molar-refractivity contribution is 5.91. The van der Waals surface area contributed by atoms with E-state index in [1.807, 2.05) is 6.08 Å². The Labute approximate surface area is 380 Å². The van der Waals surface area contributed by atoms with Gasteiger partial charge in [0.1, 0.15) is 62.0 Å². The molecule has 0 spiro atoms. The molecule has 2 saturated heterocycles.